The molecule has 0 atom stereocenters. The Kier molecular flexibility index (Phi) is 5.53. The van der Waals surface area contributed by atoms with Crippen LogP contribution in [0.2, 0.25) is 0 Å². The van der Waals surface area contributed by atoms with Crippen molar-refractivity contribution in [2.45, 2.75) is 18.6 Å². The first kappa shape index (κ1) is 17.4. The summed E-state index contributed by atoms with van der Waals surface area (Å²) in [6, 6.07) is 9.20. The SMILES string of the molecule is O=C(CNCC1CC1)N1CCN(S(=O)(=O)Cc2ccccc2)CC1. The number of rotatable bonds is 7. The van der Waals surface area contributed by atoms with E-state index in [-0.39, 0.29) is 11.7 Å². The molecular weight excluding hydrogens is 326 g/mol. The maximum Gasteiger partial charge on any atom is 0.236 e. The van der Waals surface area contributed by atoms with E-state index < -0.39 is 10.0 Å². The van der Waals surface area contributed by atoms with E-state index in [1.807, 2.05) is 30.3 Å². The van der Waals surface area contributed by atoms with Gasteiger partial charge in [0.1, 0.15) is 0 Å². The lowest BCUT2D eigenvalue weighted by atomic mass is 10.2. The minimum atomic E-state index is -3.33. The zero-order chi connectivity index (χ0) is 17.0. The van der Waals surface area contributed by atoms with Crippen LogP contribution in [-0.2, 0) is 20.6 Å². The number of sulfonamides is 1. The molecule has 1 aliphatic carbocycles. The molecule has 1 N–H and O–H groups in total. The van der Waals surface area contributed by atoms with E-state index in [0.29, 0.717) is 32.7 Å². The molecule has 1 aromatic rings. The summed E-state index contributed by atoms with van der Waals surface area (Å²) < 4.78 is 26.5. The van der Waals surface area contributed by atoms with Gasteiger partial charge in [-0.25, -0.2) is 8.42 Å². The molecule has 0 bridgehead atoms. The molecule has 1 saturated heterocycles. The molecule has 3 rings (SSSR count). The first-order valence-electron chi connectivity index (χ1n) is 8.55. The highest BCUT2D eigenvalue weighted by molar-refractivity contribution is 7.88. The van der Waals surface area contributed by atoms with Crippen LogP contribution in [0.25, 0.3) is 0 Å². The molecule has 1 amide bonds. The van der Waals surface area contributed by atoms with Crippen molar-refractivity contribution in [2.24, 2.45) is 5.92 Å². The molecule has 1 saturated carbocycles. The van der Waals surface area contributed by atoms with Crippen LogP contribution in [0.15, 0.2) is 30.3 Å². The molecule has 24 heavy (non-hydrogen) atoms. The normalized spacial score (nSPS) is 19.4. The lowest BCUT2D eigenvalue weighted by Gasteiger charge is -2.34. The average molecular weight is 351 g/mol. The number of amides is 1. The van der Waals surface area contributed by atoms with Crippen molar-refractivity contribution in [1.29, 1.82) is 0 Å². The molecule has 132 valence electrons. The molecule has 2 fully saturated rings. The van der Waals surface area contributed by atoms with E-state index in [4.69, 9.17) is 0 Å². The van der Waals surface area contributed by atoms with Gasteiger partial charge in [-0.1, -0.05) is 30.3 Å². The quantitative estimate of drug-likeness (QED) is 0.784. The van der Waals surface area contributed by atoms with Crippen molar-refractivity contribution in [3.8, 4) is 0 Å². The molecule has 7 heteroatoms. The van der Waals surface area contributed by atoms with Gasteiger partial charge in [-0.2, -0.15) is 4.31 Å². The van der Waals surface area contributed by atoms with Crippen molar-refractivity contribution in [3.63, 3.8) is 0 Å². The third-order valence-electron chi connectivity index (χ3n) is 4.58. The summed E-state index contributed by atoms with van der Waals surface area (Å²) in [7, 11) is -3.33. The molecule has 1 heterocycles. The maximum atomic E-state index is 12.5. The Morgan fingerprint density at radius 3 is 2.38 bits per heavy atom. The van der Waals surface area contributed by atoms with Gasteiger partial charge in [-0.3, -0.25) is 4.79 Å². The zero-order valence-corrected chi connectivity index (χ0v) is 14.7. The number of piperazine rings is 1. The third-order valence-corrected chi connectivity index (χ3v) is 6.43. The van der Waals surface area contributed by atoms with Gasteiger partial charge in [0.2, 0.25) is 15.9 Å². The fourth-order valence-electron chi connectivity index (χ4n) is 2.91. The van der Waals surface area contributed by atoms with Crippen molar-refractivity contribution in [1.82, 2.24) is 14.5 Å². The van der Waals surface area contributed by atoms with E-state index >= 15 is 0 Å². The van der Waals surface area contributed by atoms with Crippen molar-refractivity contribution >= 4 is 15.9 Å². The largest absolute Gasteiger partial charge is 0.339 e. The van der Waals surface area contributed by atoms with Gasteiger partial charge in [0.25, 0.3) is 0 Å². The number of hydrogen-bond donors (Lipinski definition) is 1. The van der Waals surface area contributed by atoms with Crippen molar-refractivity contribution < 1.29 is 13.2 Å². The highest BCUT2D eigenvalue weighted by atomic mass is 32.2. The van der Waals surface area contributed by atoms with Crippen LogP contribution in [-0.4, -0.2) is 62.8 Å². The van der Waals surface area contributed by atoms with Crippen LogP contribution in [0, 0.1) is 5.92 Å². The second kappa shape index (κ2) is 7.63. The number of nitrogens with one attached hydrogen (secondary N) is 1. The fourth-order valence-corrected chi connectivity index (χ4v) is 4.42. The molecule has 1 aromatic carbocycles. The Morgan fingerprint density at radius 1 is 1.08 bits per heavy atom. The second-order valence-corrected chi connectivity index (χ2v) is 8.56. The highest BCUT2D eigenvalue weighted by Crippen LogP contribution is 2.27. The van der Waals surface area contributed by atoms with Crippen molar-refractivity contribution in [2.75, 3.05) is 39.3 Å². The minimum Gasteiger partial charge on any atom is -0.339 e. The molecule has 0 unspecified atom stereocenters. The molecule has 1 aliphatic heterocycles. The summed E-state index contributed by atoms with van der Waals surface area (Å²) in [6.07, 6.45) is 2.53. The van der Waals surface area contributed by atoms with Gasteiger partial charge in [-0.05, 0) is 30.9 Å². The highest BCUT2D eigenvalue weighted by Gasteiger charge is 2.29. The number of carbonyl (C=O) groups is 1. The van der Waals surface area contributed by atoms with Crippen LogP contribution < -0.4 is 5.32 Å². The van der Waals surface area contributed by atoms with Gasteiger partial charge >= 0.3 is 0 Å². The lowest BCUT2D eigenvalue weighted by Crippen LogP contribution is -2.52. The summed E-state index contributed by atoms with van der Waals surface area (Å²) in [5.74, 6) is 0.832. The van der Waals surface area contributed by atoms with Crippen LogP contribution >= 0.6 is 0 Å². The summed E-state index contributed by atoms with van der Waals surface area (Å²) in [6.45, 7) is 2.97. The number of benzene rings is 1. The van der Waals surface area contributed by atoms with E-state index in [9.17, 15) is 13.2 Å². The van der Waals surface area contributed by atoms with Gasteiger partial charge < -0.3 is 10.2 Å². The van der Waals surface area contributed by atoms with Gasteiger partial charge in [0, 0.05) is 26.2 Å². The van der Waals surface area contributed by atoms with E-state index in [1.165, 1.54) is 17.1 Å². The zero-order valence-electron chi connectivity index (χ0n) is 13.9. The Labute approximate surface area is 143 Å². The fraction of sp³-hybridized carbons (Fsp3) is 0.588. The van der Waals surface area contributed by atoms with E-state index in [1.54, 1.807) is 4.90 Å². The lowest BCUT2D eigenvalue weighted by molar-refractivity contribution is -0.131. The summed E-state index contributed by atoms with van der Waals surface area (Å²) in [5.41, 5.74) is 0.792. The predicted molar refractivity (Wildman–Crippen MR) is 92.8 cm³/mol. The molecule has 6 nitrogen and oxygen atoms in total. The monoisotopic (exact) mass is 351 g/mol. The van der Waals surface area contributed by atoms with Crippen LogP contribution in [0.3, 0.4) is 0 Å². The Hall–Kier alpha value is -1.44. The standard InChI is InChI=1S/C17H25N3O3S/c21-17(13-18-12-15-6-7-15)19-8-10-20(11-9-19)24(22,23)14-16-4-2-1-3-5-16/h1-5,15,18H,6-14H2. The minimum absolute atomic E-state index is 0.0186. The first-order valence-corrected chi connectivity index (χ1v) is 10.2. The van der Waals surface area contributed by atoms with E-state index in [0.717, 1.165) is 18.0 Å². The number of carbonyl (C=O) groups excluding carboxylic acids is 1. The Balaban J connectivity index is 1.45. The van der Waals surface area contributed by atoms with Crippen LogP contribution in [0.4, 0.5) is 0 Å². The number of hydrogen-bond acceptors (Lipinski definition) is 4. The Morgan fingerprint density at radius 2 is 1.75 bits per heavy atom. The average Bonchev–Trinajstić information content (AvgIpc) is 3.40. The first-order chi connectivity index (χ1) is 11.5. The summed E-state index contributed by atoms with van der Waals surface area (Å²) in [4.78, 5) is 13.9. The smallest absolute Gasteiger partial charge is 0.236 e. The third kappa shape index (κ3) is 4.78. The molecule has 0 aromatic heterocycles. The van der Waals surface area contributed by atoms with Crippen molar-refractivity contribution in [3.05, 3.63) is 35.9 Å². The van der Waals surface area contributed by atoms with Crippen LogP contribution in [0.5, 0.6) is 0 Å². The maximum absolute atomic E-state index is 12.5. The summed E-state index contributed by atoms with van der Waals surface area (Å²) >= 11 is 0. The van der Waals surface area contributed by atoms with Gasteiger partial charge in [0.15, 0.2) is 0 Å². The summed E-state index contributed by atoms with van der Waals surface area (Å²) in [5, 5.41) is 3.20. The van der Waals surface area contributed by atoms with Gasteiger partial charge in [-0.15, -0.1) is 0 Å². The molecule has 0 radical (unpaired) electrons. The van der Waals surface area contributed by atoms with E-state index in [2.05, 4.69) is 5.32 Å². The predicted octanol–water partition coefficient (Wildman–Crippen LogP) is 0.660. The van der Waals surface area contributed by atoms with Gasteiger partial charge in [0.05, 0.1) is 12.3 Å². The van der Waals surface area contributed by atoms with Crippen LogP contribution in [0.1, 0.15) is 18.4 Å². The second-order valence-electron chi connectivity index (χ2n) is 6.60. The Bertz CT molecular complexity index is 651. The topological polar surface area (TPSA) is 69.7 Å². The number of nitrogens with zero attached hydrogens (tertiary/aromatic N) is 2. The molecule has 0 spiro atoms. The molecular formula is C17H25N3O3S. The molecule has 2 aliphatic rings.